The summed E-state index contributed by atoms with van der Waals surface area (Å²) in [5, 5.41) is 0. The smallest absolute Gasteiger partial charge is 0.298 e. The summed E-state index contributed by atoms with van der Waals surface area (Å²) in [5.74, 6) is 1.70. The summed E-state index contributed by atoms with van der Waals surface area (Å²) in [6.45, 7) is 3.96. The third-order valence-electron chi connectivity index (χ3n) is 3.66. The number of hydrogen-bond donors (Lipinski definition) is 2. The van der Waals surface area contributed by atoms with E-state index in [0.29, 0.717) is 22.6 Å². The van der Waals surface area contributed by atoms with E-state index in [1.54, 1.807) is 19.2 Å². The minimum Gasteiger partial charge on any atom is -0.469 e. The highest BCUT2D eigenvalue weighted by Gasteiger charge is 2.24. The van der Waals surface area contributed by atoms with Crippen molar-refractivity contribution in [2.75, 3.05) is 18.1 Å². The molecule has 24 heavy (non-hydrogen) atoms. The minimum atomic E-state index is -3.45. The van der Waals surface area contributed by atoms with Crippen LogP contribution in [0.25, 0.3) is 16.7 Å². The fourth-order valence-electron chi connectivity index (χ4n) is 2.77. The van der Waals surface area contributed by atoms with Gasteiger partial charge in [0.15, 0.2) is 11.3 Å². The average molecular weight is 350 g/mol. The fraction of sp³-hybridized carbons (Fsp3) is 0.400. The fourth-order valence-corrected chi connectivity index (χ4v) is 3.27. The summed E-state index contributed by atoms with van der Waals surface area (Å²) in [7, 11) is -1.90. The molecular formula is C15H20N5O3S+. The molecule has 0 radical (unpaired) electrons. The van der Waals surface area contributed by atoms with Crippen LogP contribution in [0.5, 0.6) is 5.88 Å². The lowest BCUT2D eigenvalue weighted by Gasteiger charge is -2.06. The van der Waals surface area contributed by atoms with Gasteiger partial charge in [0.1, 0.15) is 11.2 Å². The van der Waals surface area contributed by atoms with Gasteiger partial charge in [0.2, 0.25) is 15.8 Å². The number of sulfonamides is 1. The Morgan fingerprint density at radius 1 is 1.33 bits per heavy atom. The first-order valence-electron chi connectivity index (χ1n) is 7.59. The summed E-state index contributed by atoms with van der Waals surface area (Å²) in [6.07, 6.45) is 2.84. The normalized spacial score (nSPS) is 12.0. The number of fused-ring (bicyclic) bond motifs is 3. The number of aromatic amines is 1. The third kappa shape index (κ3) is 2.86. The summed E-state index contributed by atoms with van der Waals surface area (Å²) in [4.78, 5) is 12.3. The Morgan fingerprint density at radius 2 is 2.08 bits per heavy atom. The number of rotatable bonds is 5. The van der Waals surface area contributed by atoms with Gasteiger partial charge in [0, 0.05) is 12.5 Å². The molecule has 0 saturated carbocycles. The highest BCUT2D eigenvalue weighted by Crippen LogP contribution is 2.22. The van der Waals surface area contributed by atoms with Gasteiger partial charge in [-0.25, -0.2) is 13.4 Å². The average Bonchev–Trinajstić information content (AvgIpc) is 2.83. The second-order valence-corrected chi connectivity index (χ2v) is 7.41. The number of nitrogens with zero attached hydrogens (tertiary/aromatic N) is 3. The van der Waals surface area contributed by atoms with Gasteiger partial charge in [-0.15, -0.1) is 0 Å². The van der Waals surface area contributed by atoms with E-state index in [4.69, 9.17) is 4.74 Å². The number of methoxy groups -OCH3 is 1. The molecule has 2 N–H and O–H groups in total. The lowest BCUT2D eigenvalue weighted by molar-refractivity contribution is -0.493. The van der Waals surface area contributed by atoms with E-state index in [9.17, 15) is 8.42 Å². The molecule has 0 fully saturated rings. The summed E-state index contributed by atoms with van der Waals surface area (Å²) in [6, 6.07) is 3.46. The van der Waals surface area contributed by atoms with Crippen LogP contribution < -0.4 is 13.9 Å². The van der Waals surface area contributed by atoms with E-state index in [1.807, 2.05) is 11.3 Å². The molecule has 0 aliphatic carbocycles. The second kappa shape index (κ2) is 5.90. The van der Waals surface area contributed by atoms with Crippen molar-refractivity contribution in [1.29, 1.82) is 0 Å². The highest BCUT2D eigenvalue weighted by molar-refractivity contribution is 7.92. The van der Waals surface area contributed by atoms with Crippen molar-refractivity contribution in [3.63, 3.8) is 0 Å². The van der Waals surface area contributed by atoms with E-state index < -0.39 is 10.0 Å². The van der Waals surface area contributed by atoms with Gasteiger partial charge in [-0.3, -0.25) is 9.71 Å². The molecule has 0 aromatic carbocycles. The molecule has 8 nitrogen and oxygen atoms in total. The summed E-state index contributed by atoms with van der Waals surface area (Å²) < 4.78 is 33.1. The monoisotopic (exact) mass is 350 g/mol. The number of anilines is 1. The Labute approximate surface area is 140 Å². The first kappa shape index (κ1) is 16.4. The zero-order valence-electron chi connectivity index (χ0n) is 14.0. The van der Waals surface area contributed by atoms with Crippen LogP contribution >= 0.6 is 0 Å². The van der Waals surface area contributed by atoms with Gasteiger partial charge in [0.05, 0.1) is 13.4 Å². The first-order valence-corrected chi connectivity index (χ1v) is 9.49. The summed E-state index contributed by atoms with van der Waals surface area (Å²) in [5.41, 5.74) is 2.69. The maximum absolute atomic E-state index is 11.7. The van der Waals surface area contributed by atoms with Crippen LogP contribution in [0.4, 0.5) is 5.82 Å². The quantitative estimate of drug-likeness (QED) is 0.676. The van der Waals surface area contributed by atoms with E-state index in [0.717, 1.165) is 30.6 Å². The molecule has 0 aliphatic heterocycles. The maximum atomic E-state index is 11.7. The number of hydrogen-bond acceptors (Lipinski definition) is 5. The number of ether oxygens (including phenoxy) is 1. The van der Waals surface area contributed by atoms with Crippen molar-refractivity contribution in [1.82, 2.24) is 15.0 Å². The van der Waals surface area contributed by atoms with Crippen LogP contribution in [0.3, 0.4) is 0 Å². The van der Waals surface area contributed by atoms with Crippen molar-refractivity contribution in [2.24, 2.45) is 0 Å². The lowest BCUT2D eigenvalue weighted by Crippen LogP contribution is -2.29. The van der Waals surface area contributed by atoms with Crippen LogP contribution in [0.15, 0.2) is 12.1 Å². The zero-order chi connectivity index (χ0) is 17.5. The Hall–Kier alpha value is -2.42. The number of imidazole rings is 1. The Morgan fingerprint density at radius 3 is 2.71 bits per heavy atom. The second-order valence-electron chi connectivity index (χ2n) is 5.66. The van der Waals surface area contributed by atoms with Crippen molar-refractivity contribution >= 4 is 32.5 Å². The topological polar surface area (TPSA) is 101 Å². The zero-order valence-corrected chi connectivity index (χ0v) is 14.9. The molecule has 9 heteroatoms. The number of aromatic nitrogens is 4. The number of nitrogens with one attached hydrogen (secondary N) is 2. The first-order chi connectivity index (χ1) is 11.3. The SMILES string of the molecule is CCCc1[nH]c(C)c2c(NS(C)(=O)=O)nc3ccc(OC)nc3[n+]12. The molecule has 128 valence electrons. The number of H-pyrrole nitrogens is 1. The van der Waals surface area contributed by atoms with Gasteiger partial charge in [-0.05, 0) is 19.4 Å². The Balaban J connectivity index is 2.44. The van der Waals surface area contributed by atoms with E-state index >= 15 is 0 Å². The van der Waals surface area contributed by atoms with E-state index in [-0.39, 0.29) is 5.82 Å². The molecule has 3 aromatic rings. The Bertz CT molecular complexity index is 1030. The third-order valence-corrected chi connectivity index (χ3v) is 4.22. The van der Waals surface area contributed by atoms with Crippen LogP contribution in [-0.2, 0) is 16.4 Å². The molecule has 0 amide bonds. The van der Waals surface area contributed by atoms with Gasteiger partial charge in [-0.2, -0.15) is 4.40 Å². The lowest BCUT2D eigenvalue weighted by atomic mass is 10.3. The van der Waals surface area contributed by atoms with E-state index in [1.165, 1.54) is 0 Å². The largest absolute Gasteiger partial charge is 0.469 e. The predicted molar refractivity (Wildman–Crippen MR) is 90.8 cm³/mol. The number of pyridine rings is 1. The van der Waals surface area contributed by atoms with Gasteiger partial charge in [0.25, 0.3) is 11.5 Å². The van der Waals surface area contributed by atoms with Crippen LogP contribution in [0.2, 0.25) is 0 Å². The predicted octanol–water partition coefficient (Wildman–Crippen LogP) is 1.34. The highest BCUT2D eigenvalue weighted by atomic mass is 32.2. The molecule has 3 heterocycles. The molecule has 0 spiro atoms. The molecule has 3 rings (SSSR count). The van der Waals surface area contributed by atoms with Crippen LogP contribution in [0.1, 0.15) is 24.9 Å². The Kier molecular flexibility index (Phi) is 4.04. The standard InChI is InChI=1S/C15H19N5O3S/c1-5-6-11-16-9(2)13-14(19-24(4,21)22)17-10-7-8-12(23-3)18-15(10)20(11)13/h7-8H,5-6H2,1-4H3,(H,17,19)/p+1. The van der Waals surface area contributed by atoms with Crippen molar-refractivity contribution in [3.05, 3.63) is 23.7 Å². The molecule has 0 aliphatic rings. The number of aryl methyl sites for hydroxylation is 2. The molecule has 0 unspecified atom stereocenters. The van der Waals surface area contributed by atoms with Crippen LogP contribution in [-0.4, -0.2) is 36.7 Å². The van der Waals surface area contributed by atoms with E-state index in [2.05, 4.69) is 26.6 Å². The van der Waals surface area contributed by atoms with Gasteiger partial charge >= 0.3 is 0 Å². The van der Waals surface area contributed by atoms with Crippen molar-refractivity contribution in [3.8, 4) is 5.88 Å². The van der Waals surface area contributed by atoms with Gasteiger partial charge in [-0.1, -0.05) is 11.9 Å². The van der Waals surface area contributed by atoms with Crippen molar-refractivity contribution < 1.29 is 17.6 Å². The van der Waals surface area contributed by atoms with Gasteiger partial charge < -0.3 is 4.74 Å². The summed E-state index contributed by atoms with van der Waals surface area (Å²) >= 11 is 0. The molecule has 0 saturated heterocycles. The minimum absolute atomic E-state index is 0.285. The molecule has 3 aromatic heterocycles. The molecular weight excluding hydrogens is 330 g/mol. The molecule has 0 atom stereocenters. The van der Waals surface area contributed by atoms with Crippen LogP contribution in [0, 0.1) is 6.92 Å². The molecule has 0 bridgehead atoms. The maximum Gasteiger partial charge on any atom is 0.298 e. The van der Waals surface area contributed by atoms with Crippen molar-refractivity contribution in [2.45, 2.75) is 26.7 Å².